The van der Waals surface area contributed by atoms with Crippen molar-refractivity contribution in [1.29, 1.82) is 0 Å². The first-order chi connectivity index (χ1) is 16.5. The quantitative estimate of drug-likeness (QED) is 0.398. The summed E-state index contributed by atoms with van der Waals surface area (Å²) in [5.74, 6) is 0.126. The third kappa shape index (κ3) is 4.80. The molecule has 1 aliphatic rings. The summed E-state index contributed by atoms with van der Waals surface area (Å²) in [6.07, 6.45) is 3.11. The van der Waals surface area contributed by atoms with Crippen LogP contribution < -0.4 is 10.1 Å². The van der Waals surface area contributed by atoms with Gasteiger partial charge >= 0.3 is 0 Å². The molecular weight excluding hydrogens is 481 g/mol. The number of carbonyl (C=O) groups excluding carboxylic acids is 1. The van der Waals surface area contributed by atoms with E-state index < -0.39 is 18.1 Å². The van der Waals surface area contributed by atoms with Gasteiger partial charge in [-0.25, -0.2) is 19.6 Å². The van der Waals surface area contributed by atoms with Crippen molar-refractivity contribution in [2.45, 2.75) is 12.2 Å². The van der Waals surface area contributed by atoms with E-state index in [-0.39, 0.29) is 12.4 Å². The number of hydrogen-bond donors (Lipinski definition) is 2. The molecule has 4 heterocycles. The summed E-state index contributed by atoms with van der Waals surface area (Å²) in [7, 11) is 0. The standard InChI is InChI=1S/C22H19Cl2N7O3/c23-13-5-6-19(25-7-13)28-21(33)18(11-30-8-14(32)9-30)34-22-15-10-31(29-20(15)26-12-27-22)17-4-2-1-3-16(17)24/h1-7,10,12,14,18,32H,8-9,11H2,(H,25,28,33)/t18-/m0/s1. The summed E-state index contributed by atoms with van der Waals surface area (Å²) in [5.41, 5.74) is 1.06. The molecule has 34 heavy (non-hydrogen) atoms. The van der Waals surface area contributed by atoms with Crippen LogP contribution >= 0.6 is 23.2 Å². The molecule has 174 valence electrons. The summed E-state index contributed by atoms with van der Waals surface area (Å²) in [4.78, 5) is 27.6. The Kier molecular flexibility index (Phi) is 6.29. The molecule has 1 atom stereocenters. The van der Waals surface area contributed by atoms with Crippen LogP contribution in [-0.4, -0.2) is 72.5 Å². The Labute approximate surface area is 204 Å². The minimum Gasteiger partial charge on any atom is -0.462 e. The Bertz CT molecular complexity index is 1330. The smallest absolute Gasteiger partial charge is 0.268 e. The zero-order valence-corrected chi connectivity index (χ0v) is 19.2. The van der Waals surface area contributed by atoms with Crippen LogP contribution in [0.4, 0.5) is 5.82 Å². The number of β-amino-alcohol motifs (C(OH)–C–C–N with tert-alkyl or cyclic N) is 1. The highest BCUT2D eigenvalue weighted by atomic mass is 35.5. The highest BCUT2D eigenvalue weighted by molar-refractivity contribution is 6.32. The molecule has 3 aromatic heterocycles. The van der Waals surface area contributed by atoms with E-state index >= 15 is 0 Å². The average Bonchev–Trinajstić information content (AvgIpc) is 3.24. The molecular formula is C22H19Cl2N7O3. The van der Waals surface area contributed by atoms with Gasteiger partial charge in [-0.15, -0.1) is 5.10 Å². The molecule has 0 saturated carbocycles. The minimum absolute atomic E-state index is 0.202. The molecule has 0 aliphatic carbocycles. The number of aliphatic hydroxyl groups excluding tert-OH is 1. The Morgan fingerprint density at radius 1 is 1.18 bits per heavy atom. The predicted molar refractivity (Wildman–Crippen MR) is 126 cm³/mol. The number of anilines is 1. The summed E-state index contributed by atoms with van der Waals surface area (Å²) in [6, 6.07) is 10.5. The summed E-state index contributed by atoms with van der Waals surface area (Å²) in [5, 5.41) is 18.4. The van der Waals surface area contributed by atoms with Crippen LogP contribution in [0, 0.1) is 0 Å². The van der Waals surface area contributed by atoms with E-state index in [1.807, 2.05) is 23.1 Å². The molecule has 1 amide bonds. The fourth-order valence-corrected chi connectivity index (χ4v) is 3.90. The molecule has 5 rings (SSSR count). The van der Waals surface area contributed by atoms with E-state index in [2.05, 4.69) is 25.4 Å². The number of halogens is 2. The number of para-hydroxylation sites is 1. The Morgan fingerprint density at radius 2 is 2.00 bits per heavy atom. The van der Waals surface area contributed by atoms with E-state index in [9.17, 15) is 9.90 Å². The van der Waals surface area contributed by atoms with Crippen molar-refractivity contribution in [3.05, 3.63) is 65.2 Å². The lowest BCUT2D eigenvalue weighted by atomic mass is 10.1. The molecule has 0 unspecified atom stereocenters. The van der Waals surface area contributed by atoms with Gasteiger partial charge in [0.15, 0.2) is 11.8 Å². The first-order valence-electron chi connectivity index (χ1n) is 10.4. The second kappa shape index (κ2) is 9.51. The van der Waals surface area contributed by atoms with E-state index in [4.69, 9.17) is 27.9 Å². The van der Waals surface area contributed by atoms with Crippen molar-refractivity contribution in [2.75, 3.05) is 25.0 Å². The van der Waals surface area contributed by atoms with Gasteiger partial charge in [0.2, 0.25) is 5.88 Å². The Morgan fingerprint density at radius 3 is 2.74 bits per heavy atom. The van der Waals surface area contributed by atoms with Gasteiger partial charge in [0.1, 0.15) is 17.5 Å². The number of aliphatic hydroxyl groups is 1. The van der Waals surface area contributed by atoms with Gasteiger partial charge in [-0.1, -0.05) is 35.3 Å². The fraction of sp³-hybridized carbons (Fsp3) is 0.227. The maximum absolute atomic E-state index is 13.1. The van der Waals surface area contributed by atoms with Gasteiger partial charge < -0.3 is 15.2 Å². The van der Waals surface area contributed by atoms with Crippen molar-refractivity contribution >= 4 is 46.0 Å². The number of rotatable bonds is 7. The van der Waals surface area contributed by atoms with Crippen LogP contribution in [0.1, 0.15) is 0 Å². The van der Waals surface area contributed by atoms with Gasteiger partial charge in [-0.2, -0.15) is 0 Å². The lowest BCUT2D eigenvalue weighted by Gasteiger charge is -2.37. The van der Waals surface area contributed by atoms with Crippen LogP contribution in [0.25, 0.3) is 16.7 Å². The normalized spacial score (nSPS) is 15.1. The largest absolute Gasteiger partial charge is 0.462 e. The number of aromatic nitrogens is 5. The molecule has 0 radical (unpaired) electrons. The molecule has 1 fully saturated rings. The lowest BCUT2D eigenvalue weighted by Crippen LogP contribution is -2.55. The average molecular weight is 500 g/mol. The predicted octanol–water partition coefficient (Wildman–Crippen LogP) is 2.58. The second-order valence-electron chi connectivity index (χ2n) is 7.77. The summed E-state index contributed by atoms with van der Waals surface area (Å²) >= 11 is 12.2. The van der Waals surface area contributed by atoms with Crippen molar-refractivity contribution in [3.8, 4) is 11.6 Å². The van der Waals surface area contributed by atoms with Crippen LogP contribution in [-0.2, 0) is 4.79 Å². The topological polar surface area (TPSA) is 118 Å². The van der Waals surface area contributed by atoms with Crippen molar-refractivity contribution < 1.29 is 14.6 Å². The zero-order valence-electron chi connectivity index (χ0n) is 17.7. The number of hydrogen-bond acceptors (Lipinski definition) is 8. The number of benzene rings is 1. The minimum atomic E-state index is -0.938. The molecule has 12 heteroatoms. The number of likely N-dealkylation sites (tertiary alicyclic amines) is 1. The van der Waals surface area contributed by atoms with Crippen LogP contribution in [0.15, 0.2) is 55.1 Å². The summed E-state index contributed by atoms with van der Waals surface area (Å²) in [6.45, 7) is 1.16. The highest BCUT2D eigenvalue weighted by Gasteiger charge is 2.32. The number of nitrogens with one attached hydrogen (secondary N) is 1. The van der Waals surface area contributed by atoms with Crippen LogP contribution in [0.3, 0.4) is 0 Å². The molecule has 1 saturated heterocycles. The fourth-order valence-electron chi connectivity index (χ4n) is 3.56. The number of amides is 1. The monoisotopic (exact) mass is 499 g/mol. The highest BCUT2D eigenvalue weighted by Crippen LogP contribution is 2.26. The molecule has 2 N–H and O–H groups in total. The van der Waals surface area contributed by atoms with E-state index in [0.717, 1.165) is 0 Å². The van der Waals surface area contributed by atoms with Gasteiger partial charge in [0.05, 0.1) is 21.8 Å². The first kappa shape index (κ1) is 22.5. The van der Waals surface area contributed by atoms with Gasteiger partial charge in [0.25, 0.3) is 5.91 Å². The number of fused-ring (bicyclic) bond motifs is 1. The molecule has 4 aromatic rings. The molecule has 1 aromatic carbocycles. The SMILES string of the molecule is O=C(Nc1ccc(Cl)cn1)[C@H](CN1CC(O)C1)Oc1ncnc2nn(-c3ccccc3Cl)cc12. The van der Waals surface area contributed by atoms with Gasteiger partial charge in [0, 0.05) is 32.0 Å². The van der Waals surface area contributed by atoms with Crippen molar-refractivity contribution in [2.24, 2.45) is 0 Å². The first-order valence-corrected chi connectivity index (χ1v) is 11.2. The third-order valence-electron chi connectivity index (χ3n) is 5.27. The van der Waals surface area contributed by atoms with Crippen molar-refractivity contribution in [3.63, 3.8) is 0 Å². The van der Waals surface area contributed by atoms with Crippen LogP contribution in [0.5, 0.6) is 5.88 Å². The number of carbonyl (C=O) groups is 1. The molecule has 0 spiro atoms. The maximum atomic E-state index is 13.1. The zero-order chi connectivity index (χ0) is 23.7. The van der Waals surface area contributed by atoms with Crippen LogP contribution in [0.2, 0.25) is 10.0 Å². The van der Waals surface area contributed by atoms with E-state index in [1.54, 1.807) is 29.1 Å². The van der Waals surface area contributed by atoms with E-state index in [0.29, 0.717) is 45.7 Å². The maximum Gasteiger partial charge on any atom is 0.268 e. The molecule has 1 aliphatic heterocycles. The third-order valence-corrected chi connectivity index (χ3v) is 5.81. The Hall–Kier alpha value is -3.31. The molecule has 0 bridgehead atoms. The number of pyridine rings is 1. The Balaban J connectivity index is 1.42. The van der Waals surface area contributed by atoms with Gasteiger partial charge in [-0.3, -0.25) is 9.69 Å². The summed E-state index contributed by atoms with van der Waals surface area (Å²) < 4.78 is 7.67. The van der Waals surface area contributed by atoms with Crippen molar-refractivity contribution in [1.82, 2.24) is 29.6 Å². The second-order valence-corrected chi connectivity index (χ2v) is 8.61. The molecule has 10 nitrogen and oxygen atoms in total. The lowest BCUT2D eigenvalue weighted by molar-refractivity contribution is -0.125. The van der Waals surface area contributed by atoms with Gasteiger partial charge in [-0.05, 0) is 24.3 Å². The number of ether oxygens (including phenoxy) is 1. The number of nitrogens with zero attached hydrogens (tertiary/aromatic N) is 6. The van der Waals surface area contributed by atoms with E-state index in [1.165, 1.54) is 12.5 Å².